The molecule has 1 aromatic carbocycles. The van der Waals surface area contributed by atoms with Gasteiger partial charge in [-0.05, 0) is 49.8 Å². The molecule has 0 unspecified atom stereocenters. The van der Waals surface area contributed by atoms with Gasteiger partial charge in [0, 0.05) is 30.1 Å². The fraction of sp³-hybridized carbons (Fsp3) is 0.368. The van der Waals surface area contributed by atoms with Crippen LogP contribution in [0.2, 0.25) is 0 Å². The molecule has 0 saturated heterocycles. The van der Waals surface area contributed by atoms with Crippen LogP contribution in [0.25, 0.3) is 11.0 Å². The molecule has 0 aliphatic carbocycles. The molecule has 2 aromatic heterocycles. The fourth-order valence-corrected chi connectivity index (χ4v) is 4.53. The van der Waals surface area contributed by atoms with Crippen LogP contribution in [0.15, 0.2) is 17.5 Å². The van der Waals surface area contributed by atoms with Gasteiger partial charge in [0.05, 0.1) is 5.52 Å². The van der Waals surface area contributed by atoms with Gasteiger partial charge in [-0.2, -0.15) is 0 Å². The second kappa shape index (κ2) is 5.88. The topological polar surface area (TPSA) is 56.2 Å². The van der Waals surface area contributed by atoms with Crippen LogP contribution < -0.4 is 10.1 Å². The lowest BCUT2D eigenvalue weighted by atomic mass is 9.94. The number of thiophene rings is 1. The van der Waals surface area contributed by atoms with Gasteiger partial charge in [0.15, 0.2) is 5.75 Å². The zero-order valence-corrected chi connectivity index (χ0v) is 15.7. The highest BCUT2D eigenvalue weighted by Crippen LogP contribution is 2.43. The van der Waals surface area contributed by atoms with Crippen LogP contribution in [-0.4, -0.2) is 22.5 Å². The second-order valence-corrected chi connectivity index (χ2v) is 7.46. The molecule has 1 aliphatic heterocycles. The summed E-state index contributed by atoms with van der Waals surface area (Å²) in [4.78, 5) is 18.4. The van der Waals surface area contributed by atoms with Crippen LogP contribution in [0.5, 0.6) is 5.75 Å². The van der Waals surface area contributed by atoms with Crippen molar-refractivity contribution in [1.29, 1.82) is 0 Å². The maximum absolute atomic E-state index is 12.4. The summed E-state index contributed by atoms with van der Waals surface area (Å²) in [7, 11) is 3.63. The first-order valence-electron chi connectivity index (χ1n) is 8.43. The monoisotopic (exact) mass is 355 g/mol. The molecule has 130 valence electrons. The van der Waals surface area contributed by atoms with Crippen LogP contribution in [-0.2, 0) is 13.5 Å². The van der Waals surface area contributed by atoms with Gasteiger partial charge in [-0.3, -0.25) is 4.79 Å². The first-order valence-corrected chi connectivity index (χ1v) is 9.30. The summed E-state index contributed by atoms with van der Waals surface area (Å²) < 4.78 is 8.43. The molecule has 0 radical (unpaired) electrons. The molecule has 4 rings (SSSR count). The van der Waals surface area contributed by atoms with Crippen molar-refractivity contribution in [2.24, 2.45) is 7.05 Å². The van der Waals surface area contributed by atoms with Crippen molar-refractivity contribution in [2.45, 2.75) is 32.8 Å². The zero-order chi connectivity index (χ0) is 17.7. The highest BCUT2D eigenvalue weighted by molar-refractivity contribution is 7.10. The maximum Gasteiger partial charge on any atom is 0.251 e. The molecular weight excluding hydrogens is 334 g/mol. The molecule has 0 spiro atoms. The predicted molar refractivity (Wildman–Crippen MR) is 99.6 cm³/mol. The molecule has 0 fully saturated rings. The Morgan fingerprint density at radius 2 is 2.24 bits per heavy atom. The van der Waals surface area contributed by atoms with E-state index in [0.717, 1.165) is 41.0 Å². The number of aromatic nitrogens is 2. The quantitative estimate of drug-likeness (QED) is 0.763. The Hall–Kier alpha value is -2.34. The molecule has 3 heterocycles. The van der Waals surface area contributed by atoms with E-state index in [1.54, 1.807) is 18.4 Å². The molecule has 1 aliphatic rings. The van der Waals surface area contributed by atoms with Gasteiger partial charge in [-0.25, -0.2) is 4.98 Å². The minimum atomic E-state index is -0.0774. The Morgan fingerprint density at radius 3 is 2.92 bits per heavy atom. The number of carbonyl (C=O) groups excluding carboxylic acids is 1. The smallest absolute Gasteiger partial charge is 0.251 e. The Labute approximate surface area is 150 Å². The van der Waals surface area contributed by atoms with Crippen molar-refractivity contribution in [1.82, 2.24) is 14.9 Å². The minimum Gasteiger partial charge on any atom is -0.482 e. The summed E-state index contributed by atoms with van der Waals surface area (Å²) in [5.74, 6) is 1.60. The molecule has 0 bridgehead atoms. The first-order chi connectivity index (χ1) is 12.0. The molecule has 1 atom stereocenters. The summed E-state index contributed by atoms with van der Waals surface area (Å²) in [6.07, 6.45) is 1.71. The van der Waals surface area contributed by atoms with E-state index in [9.17, 15) is 4.79 Å². The standard InChI is InChI=1S/C19H21N3O2S/c1-10-7-8-25-18(10)15-6-5-12-13(19(23)20-3)9-14-16(17(12)24-15)21-11(2)22(14)4/h7-9,15H,5-6H2,1-4H3,(H,20,23)/t15-/m0/s1. The highest BCUT2D eigenvalue weighted by Gasteiger charge is 2.30. The molecule has 5 nitrogen and oxygen atoms in total. The lowest BCUT2D eigenvalue weighted by Crippen LogP contribution is -2.23. The van der Waals surface area contributed by atoms with E-state index in [4.69, 9.17) is 9.72 Å². The van der Waals surface area contributed by atoms with Crippen LogP contribution in [0, 0.1) is 13.8 Å². The van der Waals surface area contributed by atoms with Crippen LogP contribution in [0.3, 0.4) is 0 Å². The first kappa shape index (κ1) is 16.1. The number of rotatable bonds is 2. The van der Waals surface area contributed by atoms with Gasteiger partial charge < -0.3 is 14.6 Å². The van der Waals surface area contributed by atoms with E-state index in [2.05, 4.69) is 23.7 Å². The number of fused-ring (bicyclic) bond motifs is 3. The number of nitrogens with one attached hydrogen (secondary N) is 1. The molecule has 6 heteroatoms. The Bertz CT molecular complexity index is 986. The van der Waals surface area contributed by atoms with Crippen LogP contribution >= 0.6 is 11.3 Å². The number of imidazole rings is 1. The molecule has 3 aromatic rings. The number of aryl methyl sites for hydroxylation is 3. The number of benzene rings is 1. The molecular formula is C19H21N3O2S. The Morgan fingerprint density at radius 1 is 1.44 bits per heavy atom. The van der Waals surface area contributed by atoms with Crippen molar-refractivity contribution >= 4 is 28.3 Å². The molecule has 1 N–H and O–H groups in total. The summed E-state index contributed by atoms with van der Waals surface area (Å²) in [5.41, 5.74) is 4.69. The van der Waals surface area contributed by atoms with Gasteiger partial charge in [0.1, 0.15) is 17.4 Å². The number of nitrogens with zero attached hydrogens (tertiary/aromatic N) is 2. The van der Waals surface area contributed by atoms with Gasteiger partial charge in [0.25, 0.3) is 5.91 Å². The lowest BCUT2D eigenvalue weighted by molar-refractivity contribution is 0.0959. The fourth-order valence-electron chi connectivity index (χ4n) is 3.54. The third-order valence-corrected chi connectivity index (χ3v) is 6.15. The summed E-state index contributed by atoms with van der Waals surface area (Å²) in [6, 6.07) is 4.06. The number of hydrogen-bond donors (Lipinski definition) is 1. The minimum absolute atomic E-state index is 0.0259. The predicted octanol–water partition coefficient (Wildman–Crippen LogP) is 3.68. The normalized spacial score (nSPS) is 16.6. The van der Waals surface area contributed by atoms with E-state index >= 15 is 0 Å². The van der Waals surface area contributed by atoms with E-state index < -0.39 is 0 Å². The third-order valence-electron chi connectivity index (χ3n) is 5.04. The number of carbonyl (C=O) groups is 1. The number of hydrogen-bond acceptors (Lipinski definition) is 4. The van der Waals surface area contributed by atoms with Gasteiger partial charge in [0.2, 0.25) is 0 Å². The average molecular weight is 355 g/mol. The van der Waals surface area contributed by atoms with Gasteiger partial charge >= 0.3 is 0 Å². The van der Waals surface area contributed by atoms with Gasteiger partial charge in [-0.1, -0.05) is 0 Å². The molecule has 1 amide bonds. The maximum atomic E-state index is 12.4. The second-order valence-electron chi connectivity index (χ2n) is 6.51. The van der Waals surface area contributed by atoms with Crippen LogP contribution in [0.4, 0.5) is 0 Å². The molecule has 25 heavy (non-hydrogen) atoms. The largest absolute Gasteiger partial charge is 0.482 e. The van der Waals surface area contributed by atoms with E-state index in [1.165, 1.54) is 10.4 Å². The Balaban J connectivity index is 1.91. The number of amides is 1. The van der Waals surface area contributed by atoms with Crippen LogP contribution in [0.1, 0.15) is 44.7 Å². The van der Waals surface area contributed by atoms with Crippen molar-refractivity contribution in [2.75, 3.05) is 7.05 Å². The Kier molecular flexibility index (Phi) is 3.80. The van der Waals surface area contributed by atoms with E-state index in [-0.39, 0.29) is 12.0 Å². The van der Waals surface area contributed by atoms with E-state index in [0.29, 0.717) is 5.56 Å². The zero-order valence-electron chi connectivity index (χ0n) is 14.8. The average Bonchev–Trinajstić information content (AvgIpc) is 3.17. The summed E-state index contributed by atoms with van der Waals surface area (Å²) in [6.45, 7) is 4.09. The molecule has 0 saturated carbocycles. The highest BCUT2D eigenvalue weighted by atomic mass is 32.1. The summed E-state index contributed by atoms with van der Waals surface area (Å²) in [5, 5.41) is 4.85. The van der Waals surface area contributed by atoms with Gasteiger partial charge in [-0.15, -0.1) is 11.3 Å². The number of ether oxygens (including phenoxy) is 1. The SMILES string of the molecule is CNC(=O)c1cc2c(nc(C)n2C)c2c1CC[C@@H](c1sccc1C)O2. The summed E-state index contributed by atoms with van der Waals surface area (Å²) >= 11 is 1.73. The van der Waals surface area contributed by atoms with Crippen molar-refractivity contribution in [3.05, 3.63) is 44.9 Å². The van der Waals surface area contributed by atoms with Crippen molar-refractivity contribution in [3.63, 3.8) is 0 Å². The van der Waals surface area contributed by atoms with E-state index in [1.807, 2.05) is 24.6 Å². The van der Waals surface area contributed by atoms with Crippen molar-refractivity contribution < 1.29 is 9.53 Å². The lowest BCUT2D eigenvalue weighted by Gasteiger charge is -2.27. The third kappa shape index (κ3) is 2.43. The van der Waals surface area contributed by atoms with Crippen molar-refractivity contribution in [3.8, 4) is 5.75 Å².